The van der Waals surface area contributed by atoms with Crippen molar-refractivity contribution in [1.82, 2.24) is 4.98 Å². The Kier molecular flexibility index (Phi) is 18.4. The molecule has 0 aliphatic heterocycles. The summed E-state index contributed by atoms with van der Waals surface area (Å²) in [7, 11) is 0.361. The molecule has 0 radical (unpaired) electrons. The Morgan fingerprint density at radius 2 is 0.778 bits per heavy atom. The van der Waals surface area contributed by atoms with Crippen molar-refractivity contribution >= 4 is 45.6 Å². The summed E-state index contributed by atoms with van der Waals surface area (Å²) >= 11 is 0. The zero-order valence-corrected chi connectivity index (χ0v) is 23.6. The molecule has 3 aromatic rings. The van der Waals surface area contributed by atoms with Crippen LogP contribution in [0.1, 0.15) is 0 Å². The van der Waals surface area contributed by atoms with E-state index in [1.807, 2.05) is 36.4 Å². The molecule has 1 nitrogen and oxygen atoms in total. The average Bonchev–Trinajstić information content (AvgIpc) is 2.51. The van der Waals surface area contributed by atoms with Crippen LogP contribution in [0.3, 0.4) is 0 Å². The minimum atomic E-state index is 0. The molecule has 1 aromatic heterocycles. The van der Waals surface area contributed by atoms with Crippen LogP contribution in [0, 0.1) is 0 Å². The molecule has 0 N–H and O–H groups in total. The van der Waals surface area contributed by atoms with E-state index < -0.39 is 0 Å². The predicted molar refractivity (Wildman–Crippen MR) is 138 cm³/mol. The molecule has 5 heteroatoms. The number of hydrogen-bond donors (Lipinski definition) is 0. The van der Waals surface area contributed by atoms with Crippen molar-refractivity contribution in [1.29, 1.82) is 0 Å². The average molecular weight is 506 g/mol. The number of hydrogen-bond acceptors (Lipinski definition) is 1. The molecule has 27 heavy (non-hydrogen) atoms. The van der Waals surface area contributed by atoms with Crippen LogP contribution in [0.15, 0.2) is 54.6 Å². The number of para-hydroxylation sites is 2. The third kappa shape index (κ3) is 16.7. The predicted octanol–water partition coefficient (Wildman–Crippen LogP) is 6.66. The molecule has 0 saturated heterocycles. The van der Waals surface area contributed by atoms with Crippen LogP contribution in [-0.4, -0.2) is 65.0 Å². The van der Waals surface area contributed by atoms with Crippen LogP contribution >= 0.6 is 23.8 Å². The van der Waals surface area contributed by atoms with Crippen LogP contribution in [-0.2, 0) is 21.1 Å². The van der Waals surface area contributed by atoms with Gasteiger partial charge in [-0.1, -0.05) is 36.4 Å². The third-order valence-electron chi connectivity index (χ3n) is 2.43. The summed E-state index contributed by atoms with van der Waals surface area (Å²) in [5.41, 5.74) is 2.12. The van der Waals surface area contributed by atoms with Gasteiger partial charge in [0.2, 0.25) is 0 Å². The Hall–Kier alpha value is 0.0883. The molecule has 0 saturated carbocycles. The third-order valence-corrected chi connectivity index (χ3v) is 2.43. The van der Waals surface area contributed by atoms with Crippen LogP contribution in [0.25, 0.3) is 21.8 Å². The Morgan fingerprint density at radius 3 is 1.07 bits per heavy atom. The number of pyridine rings is 1. The summed E-state index contributed by atoms with van der Waals surface area (Å²) in [5, 5.41) is 2.40. The van der Waals surface area contributed by atoms with Gasteiger partial charge in [-0.2, -0.15) is 0 Å². The van der Waals surface area contributed by atoms with E-state index in [0.29, 0.717) is 0 Å². The van der Waals surface area contributed by atoms with Crippen molar-refractivity contribution in [3.8, 4) is 0 Å². The van der Waals surface area contributed by atoms with Gasteiger partial charge in [0.25, 0.3) is 0 Å². The summed E-state index contributed by atoms with van der Waals surface area (Å²) < 4.78 is 0. The molecule has 0 fully saturated rings. The van der Waals surface area contributed by atoms with Crippen molar-refractivity contribution < 1.29 is 21.1 Å². The van der Waals surface area contributed by atoms with E-state index in [0.717, 1.165) is 11.0 Å². The van der Waals surface area contributed by atoms with Gasteiger partial charge in [-0.15, -0.1) is 0 Å². The summed E-state index contributed by atoms with van der Waals surface area (Å²) in [5.74, 6) is 0. The fourth-order valence-corrected chi connectivity index (χ4v) is 1.72. The number of rotatable bonds is 0. The van der Waals surface area contributed by atoms with Gasteiger partial charge < -0.3 is 0 Å². The molecule has 0 amide bonds. The minimum Gasteiger partial charge on any atom is -0.248 e. The summed E-state index contributed by atoms with van der Waals surface area (Å²) in [6.45, 7) is 20.4. The maximum absolute atomic E-state index is 4.58. The van der Waals surface area contributed by atoms with E-state index in [-0.39, 0.29) is 44.8 Å². The molecular weight excluding hydrogens is 467 g/mol. The van der Waals surface area contributed by atoms with Crippen LogP contribution in [0.4, 0.5) is 0 Å². The molecular formula is C22H39MoNP3+3. The van der Waals surface area contributed by atoms with E-state index in [2.05, 4.69) is 83.2 Å². The zero-order valence-electron chi connectivity index (χ0n) is 18.6. The second-order valence-electron chi connectivity index (χ2n) is 7.87. The van der Waals surface area contributed by atoms with E-state index in [1.165, 1.54) is 10.8 Å². The quantitative estimate of drug-likeness (QED) is 0.189. The molecule has 1 heterocycles. The zero-order chi connectivity index (χ0) is 20.1. The Balaban J connectivity index is 0. The van der Waals surface area contributed by atoms with Gasteiger partial charge in [-0.25, -0.2) is 4.98 Å². The normalized spacial score (nSPS) is 9.63. The Morgan fingerprint density at radius 1 is 0.519 bits per heavy atom. The number of benzene rings is 2. The molecule has 0 unspecified atom stereocenters. The largest absolute Gasteiger partial charge is 0.248 e. The maximum Gasteiger partial charge on any atom is 0.0709 e. The topological polar surface area (TPSA) is 12.9 Å². The molecule has 0 bridgehead atoms. The van der Waals surface area contributed by atoms with Crippen LogP contribution in [0.2, 0.25) is 0 Å². The first-order chi connectivity index (χ1) is 12.1. The SMILES string of the molecule is C[PH+](C)C.C[PH+](C)C.C[PH+](C)C.[Mo].c1ccc2nc3ccccc3cc2c1. The molecule has 2 aromatic carbocycles. The van der Waals surface area contributed by atoms with Crippen molar-refractivity contribution in [3.05, 3.63) is 54.6 Å². The smallest absolute Gasteiger partial charge is 0.0709 e. The fourth-order valence-electron chi connectivity index (χ4n) is 1.72. The number of aromatic nitrogens is 1. The van der Waals surface area contributed by atoms with E-state index in [4.69, 9.17) is 0 Å². The van der Waals surface area contributed by atoms with Gasteiger partial charge in [0.15, 0.2) is 0 Å². The van der Waals surface area contributed by atoms with E-state index >= 15 is 0 Å². The Bertz CT molecular complexity index is 618. The van der Waals surface area contributed by atoms with Gasteiger partial charge in [-0.05, 0) is 42.0 Å². The van der Waals surface area contributed by atoms with Crippen molar-refractivity contribution in [3.63, 3.8) is 0 Å². The van der Waals surface area contributed by atoms with Crippen molar-refractivity contribution in [2.24, 2.45) is 0 Å². The second-order valence-corrected chi connectivity index (χ2v) is 16.9. The minimum absolute atomic E-state index is 0. The van der Waals surface area contributed by atoms with Gasteiger partial charge in [-0.3, -0.25) is 0 Å². The van der Waals surface area contributed by atoms with E-state index in [1.54, 1.807) is 0 Å². The van der Waals surface area contributed by atoms with Gasteiger partial charge in [0, 0.05) is 91.8 Å². The maximum atomic E-state index is 4.58. The van der Waals surface area contributed by atoms with Crippen LogP contribution in [0.5, 0.6) is 0 Å². The number of nitrogens with zero attached hydrogens (tertiary/aromatic N) is 1. The Labute approximate surface area is 185 Å². The molecule has 0 spiro atoms. The summed E-state index contributed by atoms with van der Waals surface area (Å²) in [6.07, 6.45) is 0. The first-order valence-corrected chi connectivity index (χ1v) is 18.2. The van der Waals surface area contributed by atoms with Gasteiger partial charge >= 0.3 is 0 Å². The fraction of sp³-hybridized carbons (Fsp3) is 0.409. The first-order valence-electron chi connectivity index (χ1n) is 9.18. The standard InChI is InChI=1S/C13H9N.3C3H9P.Mo/c1-3-7-12-10(5-1)9-11-6-2-4-8-13(11)14-12;3*1-4(2)3;/h1-9H;3*1-3H3;/p+3. The summed E-state index contributed by atoms with van der Waals surface area (Å²) in [6, 6.07) is 18.6. The molecule has 150 valence electrons. The van der Waals surface area contributed by atoms with Crippen molar-refractivity contribution in [2.75, 3.05) is 60.0 Å². The molecule has 3 rings (SSSR count). The molecule has 0 atom stereocenters. The monoisotopic (exact) mass is 508 g/mol. The van der Waals surface area contributed by atoms with Crippen LogP contribution < -0.4 is 0 Å². The molecule has 0 aliphatic carbocycles. The number of fused-ring (bicyclic) bond motifs is 2. The first kappa shape index (κ1) is 29.3. The second kappa shape index (κ2) is 17.0. The van der Waals surface area contributed by atoms with Crippen molar-refractivity contribution in [2.45, 2.75) is 0 Å². The van der Waals surface area contributed by atoms with Gasteiger partial charge in [0.05, 0.1) is 11.0 Å². The van der Waals surface area contributed by atoms with Gasteiger partial charge in [0.1, 0.15) is 0 Å². The summed E-state index contributed by atoms with van der Waals surface area (Å²) in [4.78, 5) is 4.58. The molecule has 0 aliphatic rings. The van der Waals surface area contributed by atoms with E-state index in [9.17, 15) is 0 Å².